The topological polar surface area (TPSA) is 89.6 Å². The number of nitrogens with two attached hydrogens (primary N) is 1. The third kappa shape index (κ3) is 40.0. The normalized spacial score (nSPS) is 10.6. The van der Waals surface area contributed by atoms with Crippen molar-refractivity contribution >= 4 is 12.1 Å². The molecular formula is C24H51ClN2O4. The molecule has 0 aromatic heterocycles. The lowest BCUT2D eigenvalue weighted by Gasteiger charge is -2.22. The van der Waals surface area contributed by atoms with Gasteiger partial charge in [0.05, 0.1) is 21.1 Å². The van der Waals surface area contributed by atoms with E-state index in [4.69, 9.17) is 10.8 Å². The molecular weight excluding hydrogens is 416 g/mol. The maximum atomic E-state index is 10.3. The van der Waals surface area contributed by atoms with Crippen molar-refractivity contribution in [3.8, 4) is 0 Å². The highest BCUT2D eigenvalue weighted by molar-refractivity contribution is 5.66. The van der Waals surface area contributed by atoms with Crippen LogP contribution in [0.25, 0.3) is 0 Å². The van der Waals surface area contributed by atoms with E-state index in [0.29, 0.717) is 13.0 Å². The van der Waals surface area contributed by atoms with E-state index < -0.39 is 12.1 Å². The number of likely N-dealkylation sites (N-methyl/N-ethyl adjacent to an activating group) is 1. The molecule has 0 fully saturated rings. The Morgan fingerprint density at radius 1 is 0.742 bits per heavy atom. The van der Waals surface area contributed by atoms with Crippen LogP contribution in [0.4, 0.5) is 4.79 Å². The Bertz CT molecular complexity index is 402. The number of primary amides is 1. The predicted molar refractivity (Wildman–Crippen MR) is 126 cm³/mol. The van der Waals surface area contributed by atoms with Gasteiger partial charge in [-0.1, -0.05) is 96.8 Å². The molecule has 0 rings (SSSR count). The molecule has 0 aromatic rings. The van der Waals surface area contributed by atoms with Crippen LogP contribution in [-0.2, 0) is 9.53 Å². The van der Waals surface area contributed by atoms with E-state index in [2.05, 4.69) is 11.7 Å². The predicted octanol–water partition coefficient (Wildman–Crippen LogP) is 3.12. The lowest BCUT2D eigenvalue weighted by atomic mass is 10.0. The van der Waals surface area contributed by atoms with Crippen LogP contribution in [0.5, 0.6) is 0 Å². The van der Waals surface area contributed by atoms with Crippen molar-refractivity contribution in [1.29, 1.82) is 0 Å². The Labute approximate surface area is 198 Å². The number of rotatable bonds is 19. The average Bonchev–Trinajstić information content (AvgIpc) is 2.64. The van der Waals surface area contributed by atoms with Gasteiger partial charge < -0.3 is 32.5 Å². The molecule has 0 unspecified atom stereocenters. The lowest BCUT2D eigenvalue weighted by Crippen LogP contribution is -3.00. The second kappa shape index (κ2) is 25.3. The van der Waals surface area contributed by atoms with E-state index in [-0.39, 0.29) is 12.4 Å². The van der Waals surface area contributed by atoms with Crippen molar-refractivity contribution in [2.75, 3.05) is 34.3 Å². The van der Waals surface area contributed by atoms with Gasteiger partial charge in [-0.2, -0.15) is 0 Å². The summed E-state index contributed by atoms with van der Waals surface area (Å²) in [5.74, 6) is -0.653. The Morgan fingerprint density at radius 3 is 1.39 bits per heavy atom. The zero-order chi connectivity index (χ0) is 23.1. The minimum Gasteiger partial charge on any atom is -1.00 e. The van der Waals surface area contributed by atoms with Crippen LogP contribution in [0.2, 0.25) is 0 Å². The molecule has 0 atom stereocenters. The number of hydrogen-bond donors (Lipinski definition) is 2. The molecule has 3 N–H and O–H groups in total. The molecule has 0 aliphatic rings. The average molecular weight is 467 g/mol. The highest BCUT2D eigenvalue weighted by Crippen LogP contribution is 2.13. The van der Waals surface area contributed by atoms with Gasteiger partial charge in [-0.3, -0.25) is 4.79 Å². The van der Waals surface area contributed by atoms with Crippen molar-refractivity contribution in [2.45, 2.75) is 110 Å². The van der Waals surface area contributed by atoms with Crippen LogP contribution in [0.1, 0.15) is 110 Å². The number of nitrogens with zero attached hydrogens (tertiary/aromatic N) is 1. The molecule has 0 saturated heterocycles. The molecule has 188 valence electrons. The fraction of sp³-hybridized carbons (Fsp3) is 0.917. The maximum absolute atomic E-state index is 10.3. The lowest BCUT2D eigenvalue weighted by molar-refractivity contribution is -0.870. The fourth-order valence-electron chi connectivity index (χ4n) is 3.07. The molecule has 0 aliphatic heterocycles. The number of ether oxygens (including phenoxy) is 1. The minimum atomic E-state index is -0.701. The molecule has 1 amide bonds. The monoisotopic (exact) mass is 466 g/mol. The van der Waals surface area contributed by atoms with Gasteiger partial charge in [0, 0.05) is 6.42 Å². The quantitative estimate of drug-likeness (QED) is 0.226. The van der Waals surface area contributed by atoms with Crippen LogP contribution in [0, 0.1) is 0 Å². The van der Waals surface area contributed by atoms with Crippen molar-refractivity contribution in [3.63, 3.8) is 0 Å². The number of unbranched alkanes of at least 4 members (excludes halogenated alkanes) is 14. The number of carbonyl (C=O) groups is 2. The maximum Gasteiger partial charge on any atom is 0.404 e. The zero-order valence-electron chi connectivity index (χ0n) is 20.8. The fourth-order valence-corrected chi connectivity index (χ4v) is 3.07. The summed E-state index contributed by atoms with van der Waals surface area (Å²) < 4.78 is 5.31. The third-order valence-electron chi connectivity index (χ3n) is 5.00. The van der Waals surface area contributed by atoms with Crippen molar-refractivity contribution in [3.05, 3.63) is 0 Å². The summed E-state index contributed by atoms with van der Waals surface area (Å²) in [7, 11) is 6.05. The van der Waals surface area contributed by atoms with Crippen LogP contribution in [0.3, 0.4) is 0 Å². The Hall–Kier alpha value is -1.01. The molecule has 6 nitrogen and oxygen atoms in total. The largest absolute Gasteiger partial charge is 1.00 e. The first-order valence-electron chi connectivity index (χ1n) is 12.1. The Balaban J connectivity index is -0.000000604. The van der Waals surface area contributed by atoms with Gasteiger partial charge in [-0.25, -0.2) is 4.79 Å². The third-order valence-corrected chi connectivity index (χ3v) is 5.00. The molecule has 0 bridgehead atoms. The number of amides is 1. The number of carboxylic acids is 1. The van der Waals surface area contributed by atoms with E-state index in [1.807, 2.05) is 21.1 Å². The molecule has 0 aromatic carbocycles. The van der Waals surface area contributed by atoms with E-state index in [1.54, 1.807) is 0 Å². The van der Waals surface area contributed by atoms with Gasteiger partial charge in [0.2, 0.25) is 0 Å². The number of carbonyl (C=O) groups excluding carboxylic acids is 1. The number of quaternary nitrogens is 1. The molecule has 7 heteroatoms. The van der Waals surface area contributed by atoms with Crippen LogP contribution in [-0.4, -0.2) is 55.9 Å². The Kier molecular flexibility index (Phi) is 28.2. The Morgan fingerprint density at radius 2 is 1.10 bits per heavy atom. The van der Waals surface area contributed by atoms with Crippen LogP contribution < -0.4 is 18.1 Å². The van der Waals surface area contributed by atoms with E-state index >= 15 is 0 Å². The summed E-state index contributed by atoms with van der Waals surface area (Å²) in [6.45, 7) is 3.44. The zero-order valence-corrected chi connectivity index (χ0v) is 21.6. The first kappa shape index (κ1) is 34.6. The summed E-state index contributed by atoms with van der Waals surface area (Å²) in [5, 5.41) is 8.52. The summed E-state index contributed by atoms with van der Waals surface area (Å²) >= 11 is 0. The van der Waals surface area contributed by atoms with Gasteiger partial charge in [0.25, 0.3) is 0 Å². The van der Waals surface area contributed by atoms with Crippen LogP contribution in [0.15, 0.2) is 0 Å². The SMILES string of the molecule is CCCCCCCCCCCCCCCCCC(=O)O.C[N+](C)(C)CCOC(N)=O.[Cl-]. The van der Waals surface area contributed by atoms with Gasteiger partial charge in [0.1, 0.15) is 13.2 Å². The molecule has 0 heterocycles. The number of halogens is 1. The van der Waals surface area contributed by atoms with Gasteiger partial charge in [-0.05, 0) is 6.42 Å². The standard InChI is InChI=1S/C18H36O2.C6H14N2O2.ClH/c1-2-3-4-5-6-7-8-9-10-11-12-13-14-15-16-17-18(19)20;1-8(2,3)4-5-10-6(7)9;/h2-17H2,1H3,(H,19,20);4-5H2,1-3H3,(H-,7,9);1H. The highest BCUT2D eigenvalue weighted by atomic mass is 35.5. The number of hydrogen-bond acceptors (Lipinski definition) is 3. The highest BCUT2D eigenvalue weighted by Gasteiger charge is 2.06. The minimum absolute atomic E-state index is 0. The first-order valence-corrected chi connectivity index (χ1v) is 12.1. The summed E-state index contributed by atoms with van der Waals surface area (Å²) in [6, 6.07) is 0. The molecule has 0 radical (unpaired) electrons. The molecule has 0 spiro atoms. The number of aliphatic carboxylic acids is 1. The van der Waals surface area contributed by atoms with E-state index in [1.165, 1.54) is 83.5 Å². The van der Waals surface area contributed by atoms with Gasteiger partial charge in [0.15, 0.2) is 0 Å². The number of carboxylic acid groups (broad SMARTS) is 1. The first-order chi connectivity index (χ1) is 14.2. The second-order valence-electron chi connectivity index (χ2n) is 9.27. The van der Waals surface area contributed by atoms with Crippen molar-refractivity contribution in [2.24, 2.45) is 5.73 Å². The summed E-state index contributed by atoms with van der Waals surface area (Å²) in [4.78, 5) is 20.4. The van der Waals surface area contributed by atoms with E-state index in [0.717, 1.165) is 23.9 Å². The second-order valence-corrected chi connectivity index (χ2v) is 9.27. The smallest absolute Gasteiger partial charge is 0.404 e. The molecule has 0 saturated carbocycles. The van der Waals surface area contributed by atoms with E-state index in [9.17, 15) is 9.59 Å². The molecule has 0 aliphatic carbocycles. The summed E-state index contributed by atoms with van der Waals surface area (Å²) in [6.07, 6.45) is 19.5. The summed E-state index contributed by atoms with van der Waals surface area (Å²) in [5.41, 5.74) is 4.75. The van der Waals surface area contributed by atoms with Gasteiger partial charge in [-0.15, -0.1) is 0 Å². The van der Waals surface area contributed by atoms with Gasteiger partial charge >= 0.3 is 12.1 Å². The van der Waals surface area contributed by atoms with Crippen molar-refractivity contribution < 1.29 is 36.3 Å². The van der Waals surface area contributed by atoms with Crippen molar-refractivity contribution in [1.82, 2.24) is 0 Å². The van der Waals surface area contributed by atoms with Crippen LogP contribution >= 0.6 is 0 Å². The molecule has 31 heavy (non-hydrogen) atoms.